The molecule has 152 valence electrons. The molecule has 28 heavy (non-hydrogen) atoms. The predicted molar refractivity (Wildman–Crippen MR) is 91.8 cm³/mol. The fraction of sp³-hybridized carbons (Fsp3) is 0.529. The van der Waals surface area contributed by atoms with Crippen LogP contribution in [0, 0.1) is 0 Å². The van der Waals surface area contributed by atoms with Crippen LogP contribution in [0.25, 0.3) is 0 Å². The van der Waals surface area contributed by atoms with Crippen LogP contribution in [0.1, 0.15) is 36.0 Å². The molecule has 0 amide bonds. The van der Waals surface area contributed by atoms with Crippen molar-refractivity contribution in [3.63, 3.8) is 0 Å². The number of rotatable bonds is 5. The van der Waals surface area contributed by atoms with Crippen molar-refractivity contribution >= 4 is 10.0 Å². The number of hydrogen-bond acceptors (Lipinski definition) is 6. The summed E-state index contributed by atoms with van der Waals surface area (Å²) in [5, 5.41) is 3.96. The zero-order chi connectivity index (χ0) is 19.9. The number of aromatic nitrogens is 2. The molecule has 2 fully saturated rings. The van der Waals surface area contributed by atoms with Gasteiger partial charge in [0.05, 0.1) is 17.0 Å². The molecule has 2 aromatic rings. The minimum atomic E-state index is -4.50. The topological polar surface area (TPSA) is 79.5 Å². The second-order valence-electron chi connectivity index (χ2n) is 7.02. The van der Waals surface area contributed by atoms with Gasteiger partial charge in [-0.1, -0.05) is 5.16 Å². The van der Waals surface area contributed by atoms with E-state index >= 15 is 0 Å². The van der Waals surface area contributed by atoms with Gasteiger partial charge in [0.2, 0.25) is 15.9 Å². The third kappa shape index (κ3) is 4.06. The molecule has 2 heterocycles. The number of hydrogen-bond donors (Lipinski definition) is 0. The Hall–Kier alpha value is -1.98. The summed E-state index contributed by atoms with van der Waals surface area (Å²) in [7, 11) is -3.83. The summed E-state index contributed by atoms with van der Waals surface area (Å²) in [5.41, 5.74) is -0.874. The lowest BCUT2D eigenvalue weighted by atomic mass is 10.2. The Kier molecular flexibility index (Phi) is 4.92. The smallest absolute Gasteiger partial charge is 0.338 e. The van der Waals surface area contributed by atoms with Gasteiger partial charge in [-0.25, -0.2) is 8.42 Å². The average Bonchev–Trinajstić information content (AvgIpc) is 3.41. The zero-order valence-corrected chi connectivity index (χ0v) is 15.7. The van der Waals surface area contributed by atoms with Crippen molar-refractivity contribution in [2.45, 2.75) is 36.4 Å². The second kappa shape index (κ2) is 7.12. The Labute approximate surface area is 160 Å². The molecule has 0 bridgehead atoms. The summed E-state index contributed by atoms with van der Waals surface area (Å²) < 4.78 is 69.9. The highest BCUT2D eigenvalue weighted by Gasteiger charge is 2.33. The summed E-state index contributed by atoms with van der Waals surface area (Å²) in [5.74, 6) is 1.66. The normalized spacial score (nSPS) is 19.8. The molecule has 7 nitrogen and oxygen atoms in total. The van der Waals surface area contributed by atoms with E-state index in [1.807, 2.05) is 4.90 Å². The first-order valence-corrected chi connectivity index (χ1v) is 10.4. The Bertz CT molecular complexity index is 931. The van der Waals surface area contributed by atoms with Crippen molar-refractivity contribution in [2.24, 2.45) is 0 Å². The third-order valence-electron chi connectivity index (χ3n) is 4.94. The summed E-state index contributed by atoms with van der Waals surface area (Å²) in [6, 6.07) is 3.58. The molecule has 1 saturated heterocycles. The molecule has 1 aromatic heterocycles. The number of nitrogens with zero attached hydrogens (tertiary/aromatic N) is 4. The van der Waals surface area contributed by atoms with Crippen LogP contribution < -0.4 is 0 Å². The van der Waals surface area contributed by atoms with Crippen molar-refractivity contribution in [2.75, 3.05) is 26.2 Å². The Balaban J connectivity index is 1.36. The molecule has 0 radical (unpaired) electrons. The molecule has 0 unspecified atom stereocenters. The molecule has 1 aliphatic heterocycles. The number of benzene rings is 1. The van der Waals surface area contributed by atoms with Crippen molar-refractivity contribution in [1.82, 2.24) is 19.3 Å². The summed E-state index contributed by atoms with van der Waals surface area (Å²) in [6.07, 6.45) is -2.33. The molecule has 0 atom stereocenters. The molecule has 0 N–H and O–H groups in total. The number of piperazine rings is 1. The maximum Gasteiger partial charge on any atom is 0.416 e. The average molecular weight is 416 g/mol. The van der Waals surface area contributed by atoms with Gasteiger partial charge in [-0.3, -0.25) is 4.90 Å². The lowest BCUT2D eigenvalue weighted by Crippen LogP contribution is -2.48. The van der Waals surface area contributed by atoms with Crippen LogP contribution in [0.15, 0.2) is 33.7 Å². The molecular weight excluding hydrogens is 397 g/mol. The molecule has 1 saturated carbocycles. The first kappa shape index (κ1) is 19.3. The van der Waals surface area contributed by atoms with Crippen molar-refractivity contribution in [1.29, 1.82) is 0 Å². The van der Waals surface area contributed by atoms with Gasteiger partial charge in [-0.05, 0) is 37.1 Å². The Morgan fingerprint density at radius 2 is 1.71 bits per heavy atom. The van der Waals surface area contributed by atoms with E-state index in [1.54, 1.807) is 0 Å². The summed E-state index contributed by atoms with van der Waals surface area (Å²) >= 11 is 0. The predicted octanol–water partition coefficient (Wildman–Crippen LogP) is 2.47. The van der Waals surface area contributed by atoms with Gasteiger partial charge in [0, 0.05) is 32.1 Å². The van der Waals surface area contributed by atoms with Gasteiger partial charge < -0.3 is 4.52 Å². The van der Waals surface area contributed by atoms with Crippen molar-refractivity contribution in [3.05, 3.63) is 41.5 Å². The number of halogens is 3. The lowest BCUT2D eigenvalue weighted by Gasteiger charge is -2.33. The molecule has 0 spiro atoms. The van der Waals surface area contributed by atoms with Gasteiger partial charge in [0.1, 0.15) is 0 Å². The molecule has 11 heteroatoms. The fourth-order valence-corrected chi connectivity index (χ4v) is 4.55. The largest absolute Gasteiger partial charge is 0.416 e. The van der Waals surface area contributed by atoms with Crippen LogP contribution in [0.3, 0.4) is 0 Å². The fourth-order valence-electron chi connectivity index (χ4n) is 3.12. The summed E-state index contributed by atoms with van der Waals surface area (Å²) in [4.78, 5) is 6.24. The third-order valence-corrected chi connectivity index (χ3v) is 6.85. The molecule has 1 aliphatic carbocycles. The Morgan fingerprint density at radius 3 is 2.29 bits per heavy atom. The van der Waals surface area contributed by atoms with Crippen molar-refractivity contribution in [3.8, 4) is 0 Å². The number of sulfonamides is 1. The minimum Gasteiger partial charge on any atom is -0.338 e. The molecular formula is C17H19F3N4O3S. The maximum atomic E-state index is 12.7. The van der Waals surface area contributed by atoms with E-state index in [0.29, 0.717) is 31.4 Å². The van der Waals surface area contributed by atoms with E-state index < -0.39 is 21.8 Å². The lowest BCUT2D eigenvalue weighted by molar-refractivity contribution is -0.137. The van der Waals surface area contributed by atoms with Gasteiger partial charge >= 0.3 is 6.18 Å². The van der Waals surface area contributed by atoms with E-state index in [0.717, 1.165) is 42.9 Å². The van der Waals surface area contributed by atoms with Gasteiger partial charge in [-0.2, -0.15) is 22.5 Å². The van der Waals surface area contributed by atoms with Gasteiger partial charge in [0.25, 0.3) is 0 Å². The van der Waals surface area contributed by atoms with Crippen LogP contribution >= 0.6 is 0 Å². The van der Waals surface area contributed by atoms with Crippen LogP contribution in [0.4, 0.5) is 13.2 Å². The molecule has 1 aromatic carbocycles. The highest BCUT2D eigenvalue weighted by molar-refractivity contribution is 7.89. The van der Waals surface area contributed by atoms with Crippen LogP contribution in [0.2, 0.25) is 0 Å². The molecule has 4 rings (SSSR count). The van der Waals surface area contributed by atoms with E-state index in [-0.39, 0.29) is 18.0 Å². The van der Waals surface area contributed by atoms with E-state index in [9.17, 15) is 21.6 Å². The zero-order valence-electron chi connectivity index (χ0n) is 14.9. The van der Waals surface area contributed by atoms with Crippen LogP contribution in [-0.4, -0.2) is 53.9 Å². The molecule has 2 aliphatic rings. The van der Waals surface area contributed by atoms with Gasteiger partial charge in [-0.15, -0.1) is 0 Å². The minimum absolute atomic E-state index is 0.139. The SMILES string of the molecule is O=S(=O)(c1ccc(C(F)(F)F)cc1)N1CCN(Cc2nc(C3CC3)no2)CC1. The highest BCUT2D eigenvalue weighted by atomic mass is 32.2. The van der Waals surface area contributed by atoms with E-state index in [4.69, 9.17) is 4.52 Å². The second-order valence-corrected chi connectivity index (χ2v) is 8.96. The van der Waals surface area contributed by atoms with Crippen LogP contribution in [0.5, 0.6) is 0 Å². The van der Waals surface area contributed by atoms with Crippen molar-refractivity contribution < 1.29 is 26.1 Å². The summed E-state index contributed by atoms with van der Waals surface area (Å²) in [6.45, 7) is 1.88. The highest BCUT2D eigenvalue weighted by Crippen LogP contribution is 2.38. The standard InChI is InChI=1S/C17H19F3N4O3S/c18-17(19,20)13-3-5-14(6-4-13)28(25,26)24-9-7-23(8-10-24)11-15-21-16(22-27-15)12-1-2-12/h3-6,12H,1-2,7-11H2. The van der Waals surface area contributed by atoms with E-state index in [2.05, 4.69) is 10.1 Å². The maximum absolute atomic E-state index is 12.7. The van der Waals surface area contributed by atoms with Gasteiger partial charge in [0.15, 0.2) is 5.82 Å². The van der Waals surface area contributed by atoms with E-state index in [1.165, 1.54) is 4.31 Å². The number of alkyl halides is 3. The Morgan fingerprint density at radius 1 is 1.07 bits per heavy atom. The first-order valence-electron chi connectivity index (χ1n) is 8.96. The quantitative estimate of drug-likeness (QED) is 0.745. The first-order chi connectivity index (χ1) is 13.2. The monoisotopic (exact) mass is 416 g/mol. The van der Waals surface area contributed by atoms with Crippen LogP contribution in [-0.2, 0) is 22.7 Å².